The van der Waals surface area contributed by atoms with E-state index in [1.807, 2.05) is 64.1 Å². The van der Waals surface area contributed by atoms with E-state index in [0.29, 0.717) is 24.4 Å². The van der Waals surface area contributed by atoms with Crippen LogP contribution in [0.5, 0.6) is 5.75 Å². The first-order chi connectivity index (χ1) is 19.3. The highest BCUT2D eigenvalue weighted by molar-refractivity contribution is 6.02. The Labute approximate surface area is 245 Å². The summed E-state index contributed by atoms with van der Waals surface area (Å²) < 4.78 is 46.4. The van der Waals surface area contributed by atoms with E-state index in [0.717, 1.165) is 35.6 Å². The molecule has 0 atom stereocenters. The van der Waals surface area contributed by atoms with E-state index < -0.39 is 11.9 Å². The Morgan fingerprint density at radius 3 is 2.10 bits per heavy atom. The number of aliphatic imine (C=N–C) groups is 1. The molecule has 2 aromatic carbocycles. The first-order valence-corrected chi connectivity index (χ1v) is 14.2. The van der Waals surface area contributed by atoms with Crippen molar-refractivity contribution in [2.75, 3.05) is 18.6 Å². The second-order valence-electron chi connectivity index (χ2n) is 10.2. The molecule has 3 rings (SSSR count). The number of rotatable bonds is 7. The van der Waals surface area contributed by atoms with Gasteiger partial charge in [-0.25, -0.2) is 0 Å². The SMILES string of the molecule is CCC(C)C.CCCCC1=NCC(C)=C(C(F)(F)F)N1c1ccc(C)cc1CC.COc1ccccc1C.O=CO. The number of amidine groups is 1. The van der Waals surface area contributed by atoms with Crippen molar-refractivity contribution >= 4 is 18.0 Å². The Balaban J connectivity index is 0.000000766. The first-order valence-electron chi connectivity index (χ1n) is 14.2. The summed E-state index contributed by atoms with van der Waals surface area (Å²) in [6, 6.07) is 13.6. The molecule has 0 bridgehead atoms. The molecule has 0 amide bonds. The zero-order chi connectivity index (χ0) is 31.6. The molecule has 0 radical (unpaired) electrons. The van der Waals surface area contributed by atoms with Gasteiger partial charge in [-0.15, -0.1) is 0 Å². The number of anilines is 1. The summed E-state index contributed by atoms with van der Waals surface area (Å²) in [6.07, 6.45) is -0.106. The van der Waals surface area contributed by atoms with Crippen LogP contribution in [0.15, 0.2) is 58.7 Å². The fourth-order valence-corrected chi connectivity index (χ4v) is 3.83. The molecule has 0 fully saturated rings. The highest BCUT2D eigenvalue weighted by Crippen LogP contribution is 2.39. The van der Waals surface area contributed by atoms with Crippen molar-refractivity contribution in [1.29, 1.82) is 0 Å². The van der Waals surface area contributed by atoms with Gasteiger partial charge in [0.2, 0.25) is 0 Å². The maximum atomic E-state index is 13.8. The zero-order valence-electron chi connectivity index (χ0n) is 26.2. The second-order valence-corrected chi connectivity index (χ2v) is 10.2. The van der Waals surface area contributed by atoms with E-state index in [1.54, 1.807) is 13.2 Å². The molecular weight excluding hydrogens is 529 g/mol. The highest BCUT2D eigenvalue weighted by Gasteiger charge is 2.43. The Hall–Kier alpha value is -3.29. The molecule has 0 spiro atoms. The average molecular weight is 579 g/mol. The molecule has 1 heterocycles. The average Bonchev–Trinajstić information content (AvgIpc) is 2.93. The number of benzene rings is 2. The fraction of sp³-hybridized carbons (Fsp3) is 0.515. The number of aryl methyl sites for hydroxylation is 3. The maximum absolute atomic E-state index is 13.8. The van der Waals surface area contributed by atoms with Gasteiger partial charge in [0.1, 0.15) is 17.3 Å². The van der Waals surface area contributed by atoms with Crippen LogP contribution in [0.25, 0.3) is 0 Å². The molecule has 0 unspecified atom stereocenters. The second kappa shape index (κ2) is 19.7. The number of hydrogen-bond acceptors (Lipinski definition) is 4. The number of nitrogens with zero attached hydrogens (tertiary/aromatic N) is 2. The first kappa shape index (κ1) is 37.7. The van der Waals surface area contributed by atoms with Crippen molar-refractivity contribution in [2.45, 2.75) is 93.7 Å². The van der Waals surface area contributed by atoms with Gasteiger partial charge < -0.3 is 9.84 Å². The number of carboxylic acid groups (broad SMARTS) is 1. The number of halogens is 3. The largest absolute Gasteiger partial charge is 0.496 e. The Morgan fingerprint density at radius 1 is 1.07 bits per heavy atom. The maximum Gasteiger partial charge on any atom is 0.431 e. The lowest BCUT2D eigenvalue weighted by molar-refractivity contribution is -0.122. The van der Waals surface area contributed by atoms with E-state index >= 15 is 0 Å². The summed E-state index contributed by atoms with van der Waals surface area (Å²) >= 11 is 0. The fourth-order valence-electron chi connectivity index (χ4n) is 3.83. The molecule has 8 heteroatoms. The third-order valence-electron chi connectivity index (χ3n) is 6.39. The lowest BCUT2D eigenvalue weighted by Crippen LogP contribution is -2.41. The Morgan fingerprint density at radius 2 is 1.66 bits per heavy atom. The summed E-state index contributed by atoms with van der Waals surface area (Å²) in [7, 11) is 1.68. The van der Waals surface area contributed by atoms with Gasteiger partial charge in [0.25, 0.3) is 6.47 Å². The number of ether oxygens (including phenoxy) is 1. The molecule has 0 saturated heterocycles. The van der Waals surface area contributed by atoms with Crippen LogP contribution in [-0.4, -0.2) is 37.2 Å². The third kappa shape index (κ3) is 13.3. The van der Waals surface area contributed by atoms with Gasteiger partial charge >= 0.3 is 6.18 Å². The molecule has 230 valence electrons. The molecule has 41 heavy (non-hydrogen) atoms. The molecule has 1 aliphatic rings. The minimum Gasteiger partial charge on any atom is -0.496 e. The number of para-hydroxylation sites is 1. The van der Waals surface area contributed by atoms with Crippen LogP contribution < -0.4 is 9.64 Å². The van der Waals surface area contributed by atoms with Gasteiger partial charge in [0, 0.05) is 6.42 Å². The predicted molar refractivity (Wildman–Crippen MR) is 165 cm³/mol. The van der Waals surface area contributed by atoms with E-state index in [2.05, 4.69) is 25.8 Å². The summed E-state index contributed by atoms with van der Waals surface area (Å²) in [5.74, 6) is 2.36. The quantitative estimate of drug-likeness (QED) is 0.332. The van der Waals surface area contributed by atoms with Crippen molar-refractivity contribution in [1.82, 2.24) is 0 Å². The number of unbranched alkanes of at least 4 members (excludes halogenated alkanes) is 1. The highest BCUT2D eigenvalue weighted by atomic mass is 19.4. The van der Waals surface area contributed by atoms with Gasteiger partial charge in [-0.1, -0.05) is 83.4 Å². The van der Waals surface area contributed by atoms with E-state index in [9.17, 15) is 13.2 Å². The topological polar surface area (TPSA) is 62.1 Å². The van der Waals surface area contributed by atoms with E-state index in [-0.39, 0.29) is 18.6 Å². The van der Waals surface area contributed by atoms with Gasteiger partial charge in [-0.3, -0.25) is 14.7 Å². The number of methoxy groups -OCH3 is 1. The van der Waals surface area contributed by atoms with Crippen molar-refractivity contribution in [3.05, 3.63) is 70.4 Å². The van der Waals surface area contributed by atoms with Crippen molar-refractivity contribution in [3.8, 4) is 5.75 Å². The summed E-state index contributed by atoms with van der Waals surface area (Å²) in [4.78, 5) is 14.2. The smallest absolute Gasteiger partial charge is 0.431 e. The van der Waals surface area contributed by atoms with Gasteiger partial charge in [-0.2, -0.15) is 13.2 Å². The number of hydrogen-bond donors (Lipinski definition) is 1. The number of carbonyl (C=O) groups is 1. The standard InChI is InChI=1S/C19H25F3N2.C8H10O.C5H12.CH2O2/c1-5-7-8-17-23-12-14(4)18(19(20,21)22)24(17)16-10-9-13(3)11-15(16)6-2;1-7-5-3-4-6-8(7)9-2;1-4-5(2)3;2-1-3/h9-11H,5-8,12H2,1-4H3;3-6H,1-2H3;5H,4H2,1-3H3;1H,(H,2,3). The Bertz CT molecular complexity index is 1110. The minimum atomic E-state index is -4.40. The van der Waals surface area contributed by atoms with Crippen molar-refractivity contribution < 1.29 is 27.8 Å². The summed E-state index contributed by atoms with van der Waals surface area (Å²) in [5, 5.41) is 6.89. The minimum absolute atomic E-state index is 0.123. The molecule has 1 N–H and O–H groups in total. The van der Waals surface area contributed by atoms with E-state index in [1.165, 1.54) is 23.8 Å². The van der Waals surface area contributed by atoms with Crippen LogP contribution in [0, 0.1) is 19.8 Å². The molecule has 0 saturated carbocycles. The Kier molecular flexibility index (Phi) is 18.1. The molecule has 0 aromatic heterocycles. The lowest BCUT2D eigenvalue weighted by atomic mass is 10.0. The van der Waals surface area contributed by atoms with Crippen LogP contribution in [-0.2, 0) is 11.2 Å². The van der Waals surface area contributed by atoms with Crippen LogP contribution in [0.2, 0.25) is 0 Å². The number of alkyl halides is 3. The zero-order valence-corrected chi connectivity index (χ0v) is 26.2. The van der Waals surface area contributed by atoms with Crippen molar-refractivity contribution in [2.24, 2.45) is 10.9 Å². The molecule has 1 aliphatic heterocycles. The van der Waals surface area contributed by atoms with Crippen molar-refractivity contribution in [3.63, 3.8) is 0 Å². The van der Waals surface area contributed by atoms with Gasteiger partial charge in [-0.05, 0) is 68.4 Å². The van der Waals surface area contributed by atoms with Crippen LogP contribution in [0.4, 0.5) is 18.9 Å². The van der Waals surface area contributed by atoms with E-state index in [4.69, 9.17) is 14.6 Å². The monoisotopic (exact) mass is 578 g/mol. The van der Waals surface area contributed by atoms with Crippen LogP contribution >= 0.6 is 0 Å². The summed E-state index contributed by atoms with van der Waals surface area (Å²) in [6.45, 7) is 16.0. The third-order valence-corrected chi connectivity index (χ3v) is 6.39. The molecule has 5 nitrogen and oxygen atoms in total. The normalized spacial score (nSPS) is 12.7. The van der Waals surface area contributed by atoms with Crippen LogP contribution in [0.3, 0.4) is 0 Å². The molecule has 0 aliphatic carbocycles. The molecular formula is C33H49F3N2O3. The lowest BCUT2D eigenvalue weighted by Gasteiger charge is -2.35. The summed E-state index contributed by atoms with van der Waals surface area (Å²) in [5.41, 5.74) is 3.45. The molecule has 2 aromatic rings. The number of allylic oxidation sites excluding steroid dienone is 1. The van der Waals surface area contributed by atoms with Gasteiger partial charge in [0.15, 0.2) is 0 Å². The van der Waals surface area contributed by atoms with Gasteiger partial charge in [0.05, 0.1) is 19.3 Å². The van der Waals surface area contributed by atoms with Crippen LogP contribution in [0.1, 0.15) is 83.9 Å². The predicted octanol–water partition coefficient (Wildman–Crippen LogP) is 9.56.